The van der Waals surface area contributed by atoms with Gasteiger partial charge in [0.2, 0.25) is 5.91 Å². The Balaban J connectivity index is 1.71. The molecule has 0 N–H and O–H groups in total. The van der Waals surface area contributed by atoms with Crippen molar-refractivity contribution < 1.29 is 14.3 Å². The van der Waals surface area contributed by atoms with Crippen LogP contribution in [-0.2, 0) is 9.53 Å². The van der Waals surface area contributed by atoms with E-state index in [1.54, 1.807) is 0 Å². The standard InChI is InChI=1S/C14H19NO3/c1-12-11-15(8-10-17-12)14(16)7-9-18-13-5-3-2-4-6-13/h2-6,12H,7-11H2,1H3. The Morgan fingerprint density at radius 3 is 2.94 bits per heavy atom. The van der Waals surface area contributed by atoms with E-state index in [1.807, 2.05) is 42.2 Å². The smallest absolute Gasteiger partial charge is 0.226 e. The van der Waals surface area contributed by atoms with Crippen LogP contribution in [0.5, 0.6) is 5.75 Å². The Kier molecular flexibility index (Phi) is 4.59. The fourth-order valence-corrected chi connectivity index (χ4v) is 1.98. The van der Waals surface area contributed by atoms with Crippen molar-refractivity contribution >= 4 is 5.91 Å². The van der Waals surface area contributed by atoms with E-state index in [1.165, 1.54) is 0 Å². The number of carbonyl (C=O) groups excluding carboxylic acids is 1. The summed E-state index contributed by atoms with van der Waals surface area (Å²) in [5.41, 5.74) is 0. The van der Waals surface area contributed by atoms with Crippen molar-refractivity contribution in [2.24, 2.45) is 0 Å². The van der Waals surface area contributed by atoms with Crippen LogP contribution >= 0.6 is 0 Å². The molecular weight excluding hydrogens is 230 g/mol. The number of rotatable bonds is 4. The summed E-state index contributed by atoms with van der Waals surface area (Å²) in [6.45, 7) is 4.42. The molecule has 4 nitrogen and oxygen atoms in total. The number of carbonyl (C=O) groups is 1. The van der Waals surface area contributed by atoms with Crippen molar-refractivity contribution in [3.8, 4) is 5.75 Å². The normalized spacial score (nSPS) is 19.6. The molecule has 1 saturated heterocycles. The predicted octanol–water partition coefficient (Wildman–Crippen LogP) is 1.70. The van der Waals surface area contributed by atoms with Crippen molar-refractivity contribution in [3.05, 3.63) is 30.3 Å². The molecule has 1 unspecified atom stereocenters. The minimum Gasteiger partial charge on any atom is -0.493 e. The number of para-hydroxylation sites is 1. The zero-order valence-corrected chi connectivity index (χ0v) is 10.7. The minimum atomic E-state index is 0.137. The molecule has 1 aliphatic heterocycles. The minimum absolute atomic E-state index is 0.137. The maximum absolute atomic E-state index is 11.9. The van der Waals surface area contributed by atoms with Crippen LogP contribution in [0, 0.1) is 0 Å². The van der Waals surface area contributed by atoms with Gasteiger partial charge in [-0.05, 0) is 19.1 Å². The van der Waals surface area contributed by atoms with E-state index in [0.29, 0.717) is 32.7 Å². The third-order valence-electron chi connectivity index (χ3n) is 2.92. The summed E-state index contributed by atoms with van der Waals surface area (Å²) < 4.78 is 10.9. The number of amides is 1. The van der Waals surface area contributed by atoms with Crippen LogP contribution in [-0.4, -0.2) is 43.2 Å². The van der Waals surface area contributed by atoms with Gasteiger partial charge in [-0.1, -0.05) is 18.2 Å². The average molecular weight is 249 g/mol. The van der Waals surface area contributed by atoms with E-state index in [4.69, 9.17) is 9.47 Å². The quantitative estimate of drug-likeness (QED) is 0.815. The van der Waals surface area contributed by atoms with E-state index in [9.17, 15) is 4.79 Å². The molecule has 1 aliphatic rings. The predicted molar refractivity (Wildman–Crippen MR) is 68.5 cm³/mol. The molecule has 1 heterocycles. The lowest BCUT2D eigenvalue weighted by atomic mass is 10.2. The Labute approximate surface area is 107 Å². The second-order valence-corrected chi connectivity index (χ2v) is 4.43. The molecular formula is C14H19NO3. The van der Waals surface area contributed by atoms with Gasteiger partial charge in [-0.15, -0.1) is 0 Å². The Bertz CT molecular complexity index is 380. The molecule has 0 radical (unpaired) electrons. The highest BCUT2D eigenvalue weighted by Gasteiger charge is 2.20. The van der Waals surface area contributed by atoms with E-state index < -0.39 is 0 Å². The summed E-state index contributed by atoms with van der Waals surface area (Å²) >= 11 is 0. The molecule has 0 aromatic heterocycles. The lowest BCUT2D eigenvalue weighted by molar-refractivity contribution is -0.138. The first-order chi connectivity index (χ1) is 8.75. The summed E-state index contributed by atoms with van der Waals surface area (Å²) in [6, 6.07) is 9.55. The Morgan fingerprint density at radius 1 is 1.44 bits per heavy atom. The maximum atomic E-state index is 11.9. The Hall–Kier alpha value is -1.55. The first kappa shape index (κ1) is 12.9. The third kappa shape index (κ3) is 3.74. The van der Waals surface area contributed by atoms with Crippen molar-refractivity contribution in [2.45, 2.75) is 19.4 Å². The van der Waals surface area contributed by atoms with Gasteiger partial charge < -0.3 is 14.4 Å². The summed E-state index contributed by atoms with van der Waals surface area (Å²) in [5.74, 6) is 0.946. The lowest BCUT2D eigenvalue weighted by Crippen LogP contribution is -2.44. The molecule has 18 heavy (non-hydrogen) atoms. The van der Waals surface area contributed by atoms with Crippen LogP contribution in [0.2, 0.25) is 0 Å². The fraction of sp³-hybridized carbons (Fsp3) is 0.500. The number of benzene rings is 1. The summed E-state index contributed by atoms with van der Waals surface area (Å²) in [7, 11) is 0. The van der Waals surface area contributed by atoms with Crippen LogP contribution in [0.3, 0.4) is 0 Å². The SMILES string of the molecule is CC1CN(C(=O)CCOc2ccccc2)CCO1. The van der Waals surface area contributed by atoms with Gasteiger partial charge in [-0.3, -0.25) is 4.79 Å². The average Bonchev–Trinajstić information content (AvgIpc) is 2.40. The molecule has 1 fully saturated rings. The molecule has 0 spiro atoms. The van der Waals surface area contributed by atoms with Gasteiger partial charge in [0.15, 0.2) is 0 Å². The molecule has 1 aromatic rings. The maximum Gasteiger partial charge on any atom is 0.226 e. The van der Waals surface area contributed by atoms with Gasteiger partial charge in [-0.2, -0.15) is 0 Å². The highest BCUT2D eigenvalue weighted by Crippen LogP contribution is 2.10. The molecule has 98 valence electrons. The van der Waals surface area contributed by atoms with Crippen LogP contribution < -0.4 is 4.74 Å². The topological polar surface area (TPSA) is 38.8 Å². The van der Waals surface area contributed by atoms with Crippen molar-refractivity contribution in [2.75, 3.05) is 26.3 Å². The van der Waals surface area contributed by atoms with E-state index in [0.717, 1.165) is 5.75 Å². The van der Waals surface area contributed by atoms with Gasteiger partial charge in [0, 0.05) is 13.1 Å². The van der Waals surface area contributed by atoms with Gasteiger partial charge in [0.25, 0.3) is 0 Å². The van der Waals surface area contributed by atoms with E-state index >= 15 is 0 Å². The van der Waals surface area contributed by atoms with Gasteiger partial charge in [-0.25, -0.2) is 0 Å². The van der Waals surface area contributed by atoms with E-state index in [-0.39, 0.29) is 12.0 Å². The molecule has 2 rings (SSSR count). The molecule has 1 atom stereocenters. The highest BCUT2D eigenvalue weighted by molar-refractivity contribution is 5.76. The molecule has 0 bridgehead atoms. The van der Waals surface area contributed by atoms with Crippen LogP contribution in [0.25, 0.3) is 0 Å². The highest BCUT2D eigenvalue weighted by atomic mass is 16.5. The Morgan fingerprint density at radius 2 is 2.22 bits per heavy atom. The molecule has 0 aliphatic carbocycles. The van der Waals surface area contributed by atoms with Crippen molar-refractivity contribution in [3.63, 3.8) is 0 Å². The molecule has 1 amide bonds. The largest absolute Gasteiger partial charge is 0.493 e. The molecule has 0 saturated carbocycles. The number of hydrogen-bond donors (Lipinski definition) is 0. The second-order valence-electron chi connectivity index (χ2n) is 4.43. The summed E-state index contributed by atoms with van der Waals surface area (Å²) in [5, 5.41) is 0. The zero-order chi connectivity index (χ0) is 12.8. The number of morpholine rings is 1. The van der Waals surface area contributed by atoms with Crippen LogP contribution in [0.15, 0.2) is 30.3 Å². The number of nitrogens with zero attached hydrogens (tertiary/aromatic N) is 1. The monoisotopic (exact) mass is 249 g/mol. The van der Waals surface area contributed by atoms with Crippen molar-refractivity contribution in [1.82, 2.24) is 4.90 Å². The molecule has 1 aromatic carbocycles. The first-order valence-corrected chi connectivity index (χ1v) is 6.33. The van der Waals surface area contributed by atoms with Gasteiger partial charge in [0.1, 0.15) is 5.75 Å². The van der Waals surface area contributed by atoms with Crippen molar-refractivity contribution in [1.29, 1.82) is 0 Å². The van der Waals surface area contributed by atoms with Crippen LogP contribution in [0.1, 0.15) is 13.3 Å². The van der Waals surface area contributed by atoms with Crippen LogP contribution in [0.4, 0.5) is 0 Å². The second kappa shape index (κ2) is 6.40. The fourth-order valence-electron chi connectivity index (χ4n) is 1.98. The summed E-state index contributed by atoms with van der Waals surface area (Å²) in [4.78, 5) is 13.8. The van der Waals surface area contributed by atoms with Gasteiger partial charge >= 0.3 is 0 Å². The number of ether oxygens (including phenoxy) is 2. The zero-order valence-electron chi connectivity index (χ0n) is 10.7. The summed E-state index contributed by atoms with van der Waals surface area (Å²) in [6.07, 6.45) is 0.555. The van der Waals surface area contributed by atoms with Gasteiger partial charge in [0.05, 0.1) is 25.7 Å². The first-order valence-electron chi connectivity index (χ1n) is 6.33. The number of hydrogen-bond acceptors (Lipinski definition) is 3. The van der Waals surface area contributed by atoms with E-state index in [2.05, 4.69) is 0 Å². The molecule has 4 heteroatoms. The lowest BCUT2D eigenvalue weighted by Gasteiger charge is -2.31. The third-order valence-corrected chi connectivity index (χ3v) is 2.92.